The standard InChI is InChI=1S/C25H25F3N6O3.ClH/c1-33(2)24(37)21-16-4-3-5-18(16)34(32-21)19-8-6-14(11-17(19)25(26,27)28)23(36)31-12-15-10-13(22(29)30)7-9-20(15)35;/h6-11,35H,3-5,12H2,1-2H3,(H3,29,30)(H,31,36);1H. The lowest BCUT2D eigenvalue weighted by atomic mass is 10.1. The third-order valence-corrected chi connectivity index (χ3v) is 6.16. The Morgan fingerprint density at radius 3 is 2.47 bits per heavy atom. The minimum Gasteiger partial charge on any atom is -0.508 e. The summed E-state index contributed by atoms with van der Waals surface area (Å²) in [6.45, 7) is -0.197. The molecule has 1 aromatic heterocycles. The number of phenols is 1. The van der Waals surface area contributed by atoms with Crippen LogP contribution in [0.3, 0.4) is 0 Å². The van der Waals surface area contributed by atoms with Gasteiger partial charge in [0.25, 0.3) is 11.8 Å². The van der Waals surface area contributed by atoms with Gasteiger partial charge in [-0.15, -0.1) is 12.4 Å². The zero-order chi connectivity index (χ0) is 27.1. The van der Waals surface area contributed by atoms with Crippen LogP contribution in [0.1, 0.15) is 55.2 Å². The lowest BCUT2D eigenvalue weighted by Gasteiger charge is -2.16. The summed E-state index contributed by atoms with van der Waals surface area (Å²) in [5.41, 5.74) is 5.75. The maximum Gasteiger partial charge on any atom is 0.418 e. The summed E-state index contributed by atoms with van der Waals surface area (Å²) >= 11 is 0. The van der Waals surface area contributed by atoms with Crippen molar-refractivity contribution in [2.24, 2.45) is 5.73 Å². The fourth-order valence-electron chi connectivity index (χ4n) is 4.28. The number of nitrogens with two attached hydrogens (primary N) is 1. The Balaban J connectivity index is 0.00000400. The van der Waals surface area contributed by atoms with Crippen molar-refractivity contribution in [3.63, 3.8) is 0 Å². The summed E-state index contributed by atoms with van der Waals surface area (Å²) in [7, 11) is 3.10. The highest BCUT2D eigenvalue weighted by Crippen LogP contribution is 2.37. The molecule has 0 bridgehead atoms. The second-order valence-electron chi connectivity index (χ2n) is 8.91. The summed E-state index contributed by atoms with van der Waals surface area (Å²) in [5, 5.41) is 24.2. The molecule has 9 nitrogen and oxygen atoms in total. The number of aromatic nitrogens is 2. The van der Waals surface area contributed by atoms with Crippen LogP contribution in [0, 0.1) is 5.41 Å². The number of amidine groups is 1. The van der Waals surface area contributed by atoms with Gasteiger partial charge in [-0.05, 0) is 55.7 Å². The van der Waals surface area contributed by atoms with E-state index in [1.807, 2.05) is 0 Å². The third kappa shape index (κ3) is 5.44. The van der Waals surface area contributed by atoms with E-state index in [0.29, 0.717) is 36.1 Å². The summed E-state index contributed by atoms with van der Waals surface area (Å²) in [5.74, 6) is -1.58. The first kappa shape index (κ1) is 28.5. The molecule has 5 N–H and O–H groups in total. The summed E-state index contributed by atoms with van der Waals surface area (Å²) in [6.07, 6.45) is -3.08. The van der Waals surface area contributed by atoms with Gasteiger partial charge in [-0.3, -0.25) is 15.0 Å². The normalized spacial score (nSPS) is 12.4. The number of phenolic OH excluding ortho intramolecular Hbond substituents is 1. The predicted octanol–water partition coefficient (Wildman–Crippen LogP) is 3.42. The van der Waals surface area contributed by atoms with Crippen molar-refractivity contribution in [1.29, 1.82) is 5.41 Å². The number of aromatic hydroxyl groups is 1. The van der Waals surface area contributed by atoms with E-state index in [1.165, 1.54) is 35.2 Å². The van der Waals surface area contributed by atoms with Gasteiger partial charge in [0.05, 0.1) is 11.3 Å². The number of benzene rings is 2. The molecule has 3 aromatic rings. The van der Waals surface area contributed by atoms with Gasteiger partial charge in [-0.1, -0.05) is 0 Å². The van der Waals surface area contributed by atoms with Gasteiger partial charge in [0.15, 0.2) is 5.69 Å². The van der Waals surface area contributed by atoms with Crippen molar-refractivity contribution in [1.82, 2.24) is 20.0 Å². The highest BCUT2D eigenvalue weighted by molar-refractivity contribution is 5.96. The summed E-state index contributed by atoms with van der Waals surface area (Å²) in [4.78, 5) is 26.6. The minimum absolute atomic E-state index is 0. The number of nitrogens with zero attached hydrogens (tertiary/aromatic N) is 3. The van der Waals surface area contributed by atoms with E-state index in [9.17, 15) is 27.9 Å². The van der Waals surface area contributed by atoms with E-state index >= 15 is 0 Å². The molecule has 202 valence electrons. The molecule has 0 saturated heterocycles. The molecule has 4 rings (SSSR count). The molecule has 0 radical (unpaired) electrons. The monoisotopic (exact) mass is 550 g/mol. The van der Waals surface area contributed by atoms with Crippen molar-refractivity contribution in [2.45, 2.75) is 32.0 Å². The molecular weight excluding hydrogens is 525 g/mol. The average molecular weight is 551 g/mol. The largest absolute Gasteiger partial charge is 0.508 e. The number of carbonyl (C=O) groups is 2. The zero-order valence-corrected chi connectivity index (χ0v) is 21.3. The van der Waals surface area contributed by atoms with E-state index in [1.54, 1.807) is 14.1 Å². The first-order valence-electron chi connectivity index (χ1n) is 11.4. The number of nitrogens with one attached hydrogen (secondary N) is 2. The number of hydrogen-bond acceptors (Lipinski definition) is 5. The number of fused-ring (bicyclic) bond motifs is 1. The molecule has 0 aliphatic heterocycles. The fourth-order valence-corrected chi connectivity index (χ4v) is 4.28. The molecule has 13 heteroatoms. The Morgan fingerprint density at radius 2 is 1.84 bits per heavy atom. The van der Waals surface area contributed by atoms with Crippen LogP contribution in [-0.4, -0.2) is 51.5 Å². The highest BCUT2D eigenvalue weighted by Gasteiger charge is 2.37. The fraction of sp³-hybridized carbons (Fsp3) is 0.280. The van der Waals surface area contributed by atoms with Gasteiger partial charge in [-0.25, -0.2) is 4.68 Å². The topological polar surface area (TPSA) is 137 Å². The summed E-state index contributed by atoms with van der Waals surface area (Å²) in [6, 6.07) is 7.32. The number of amides is 2. The van der Waals surface area contributed by atoms with Crippen LogP contribution < -0.4 is 11.1 Å². The number of alkyl halides is 3. The van der Waals surface area contributed by atoms with Gasteiger partial charge in [-0.2, -0.15) is 18.3 Å². The zero-order valence-electron chi connectivity index (χ0n) is 20.5. The van der Waals surface area contributed by atoms with Crippen LogP contribution in [0.4, 0.5) is 13.2 Å². The van der Waals surface area contributed by atoms with Crippen molar-refractivity contribution in [3.05, 3.63) is 75.6 Å². The molecule has 2 amide bonds. The maximum absolute atomic E-state index is 14.1. The number of carbonyl (C=O) groups excluding carboxylic acids is 2. The highest BCUT2D eigenvalue weighted by atomic mass is 35.5. The Bertz CT molecular complexity index is 1420. The quantitative estimate of drug-likeness (QED) is 0.275. The molecule has 1 heterocycles. The molecule has 38 heavy (non-hydrogen) atoms. The summed E-state index contributed by atoms with van der Waals surface area (Å²) < 4.78 is 43.6. The van der Waals surface area contributed by atoms with Gasteiger partial charge in [0.2, 0.25) is 0 Å². The average Bonchev–Trinajstić information content (AvgIpc) is 3.45. The number of halogens is 4. The van der Waals surface area contributed by atoms with Gasteiger partial charge in [0, 0.05) is 48.6 Å². The number of rotatable bonds is 6. The molecule has 0 unspecified atom stereocenters. The first-order chi connectivity index (χ1) is 17.4. The minimum atomic E-state index is -4.80. The predicted molar refractivity (Wildman–Crippen MR) is 136 cm³/mol. The van der Waals surface area contributed by atoms with Gasteiger partial charge >= 0.3 is 6.18 Å². The molecule has 1 aliphatic carbocycles. The Kier molecular flexibility index (Phi) is 8.06. The Hall–Kier alpha value is -4.06. The SMILES string of the molecule is CN(C)C(=O)c1nn(-c2ccc(C(=O)NCc3cc(C(=N)N)ccc3O)cc2C(F)(F)F)c2c1CCC2.Cl. The molecule has 1 aliphatic rings. The molecule has 0 fully saturated rings. The van der Waals surface area contributed by atoms with E-state index < -0.39 is 23.6 Å². The van der Waals surface area contributed by atoms with E-state index in [4.69, 9.17) is 11.1 Å². The van der Waals surface area contributed by atoms with Crippen molar-refractivity contribution in [2.75, 3.05) is 14.1 Å². The Labute approximate surface area is 222 Å². The second-order valence-corrected chi connectivity index (χ2v) is 8.91. The number of nitrogen functional groups attached to an aromatic ring is 1. The number of hydrogen-bond donors (Lipinski definition) is 4. The van der Waals surface area contributed by atoms with Crippen LogP contribution in [0.5, 0.6) is 5.75 Å². The van der Waals surface area contributed by atoms with Gasteiger partial charge in [0.1, 0.15) is 11.6 Å². The molecule has 0 saturated carbocycles. The van der Waals surface area contributed by atoms with Crippen LogP contribution >= 0.6 is 12.4 Å². The van der Waals surface area contributed by atoms with E-state index in [0.717, 1.165) is 10.7 Å². The van der Waals surface area contributed by atoms with Crippen molar-refractivity contribution >= 4 is 30.1 Å². The van der Waals surface area contributed by atoms with Crippen LogP contribution in [-0.2, 0) is 25.6 Å². The molecule has 0 spiro atoms. The second kappa shape index (κ2) is 10.7. The van der Waals surface area contributed by atoms with Crippen LogP contribution in [0.2, 0.25) is 0 Å². The smallest absolute Gasteiger partial charge is 0.418 e. The van der Waals surface area contributed by atoms with Crippen LogP contribution in [0.15, 0.2) is 36.4 Å². The van der Waals surface area contributed by atoms with Crippen LogP contribution in [0.25, 0.3) is 5.69 Å². The third-order valence-electron chi connectivity index (χ3n) is 6.16. The Morgan fingerprint density at radius 1 is 1.16 bits per heavy atom. The maximum atomic E-state index is 14.1. The van der Waals surface area contributed by atoms with Crippen molar-refractivity contribution in [3.8, 4) is 11.4 Å². The first-order valence-corrected chi connectivity index (χ1v) is 11.4. The van der Waals surface area contributed by atoms with E-state index in [-0.39, 0.29) is 53.0 Å². The lowest BCUT2D eigenvalue weighted by molar-refractivity contribution is -0.137. The van der Waals surface area contributed by atoms with Crippen molar-refractivity contribution < 1.29 is 27.9 Å². The van der Waals surface area contributed by atoms with E-state index in [2.05, 4.69) is 10.4 Å². The van der Waals surface area contributed by atoms with Gasteiger partial charge < -0.3 is 21.1 Å². The molecule has 0 atom stereocenters. The molecule has 2 aromatic carbocycles. The lowest BCUT2D eigenvalue weighted by Crippen LogP contribution is -2.24. The molecular formula is C25H26ClF3N6O3.